The summed E-state index contributed by atoms with van der Waals surface area (Å²) in [7, 11) is 3.14. The maximum atomic E-state index is 12.7. The van der Waals surface area contributed by atoms with Crippen molar-refractivity contribution in [2.45, 2.75) is 18.6 Å². The van der Waals surface area contributed by atoms with E-state index >= 15 is 0 Å². The van der Waals surface area contributed by atoms with E-state index in [1.54, 1.807) is 25.3 Å². The number of carbonyl (C=O) groups is 1. The van der Waals surface area contributed by atoms with Crippen LogP contribution in [0.5, 0.6) is 5.75 Å². The van der Waals surface area contributed by atoms with E-state index in [1.807, 2.05) is 0 Å². The van der Waals surface area contributed by atoms with Gasteiger partial charge >= 0.3 is 0 Å². The van der Waals surface area contributed by atoms with Crippen molar-refractivity contribution >= 4 is 17.5 Å². The second-order valence-electron chi connectivity index (χ2n) is 5.67. The molecule has 1 aromatic rings. The van der Waals surface area contributed by atoms with Gasteiger partial charge in [-0.25, -0.2) is 0 Å². The molecule has 3 N–H and O–H groups in total. The maximum Gasteiger partial charge on any atom is 0.257 e. The first-order valence-electron chi connectivity index (χ1n) is 7.67. The average molecular weight is 342 g/mol. The molecule has 6 nitrogen and oxygen atoms in total. The third kappa shape index (κ3) is 4.35. The molecule has 23 heavy (non-hydrogen) atoms. The Morgan fingerprint density at radius 1 is 1.48 bits per heavy atom. The summed E-state index contributed by atoms with van der Waals surface area (Å²) in [4.78, 5) is 14.9. The number of ether oxygens (including phenoxy) is 2. The zero-order valence-corrected chi connectivity index (χ0v) is 14.4. The monoisotopic (exact) mass is 341 g/mol. The van der Waals surface area contributed by atoms with Crippen molar-refractivity contribution in [3.63, 3.8) is 0 Å². The predicted molar refractivity (Wildman–Crippen MR) is 89.9 cm³/mol. The van der Waals surface area contributed by atoms with Crippen LogP contribution in [0.1, 0.15) is 23.2 Å². The number of halogens is 1. The van der Waals surface area contributed by atoms with Crippen LogP contribution < -0.4 is 15.8 Å². The number of benzene rings is 1. The Kier molecular flexibility index (Phi) is 6.24. The lowest BCUT2D eigenvalue weighted by molar-refractivity contribution is -0.0807. The second kappa shape index (κ2) is 7.97. The highest BCUT2D eigenvalue weighted by molar-refractivity contribution is 6.31. The van der Waals surface area contributed by atoms with Crippen molar-refractivity contribution in [2.75, 3.05) is 40.4 Å². The highest BCUT2D eigenvalue weighted by atomic mass is 35.5. The molecular weight excluding hydrogens is 318 g/mol. The van der Waals surface area contributed by atoms with E-state index in [2.05, 4.69) is 10.2 Å². The molecule has 1 amide bonds. The van der Waals surface area contributed by atoms with Gasteiger partial charge in [-0.3, -0.25) is 9.69 Å². The van der Waals surface area contributed by atoms with E-state index in [0.717, 1.165) is 25.9 Å². The smallest absolute Gasteiger partial charge is 0.257 e. The number of rotatable bonds is 6. The molecule has 0 saturated carbocycles. The quantitative estimate of drug-likeness (QED) is 0.766. The van der Waals surface area contributed by atoms with Gasteiger partial charge in [-0.1, -0.05) is 11.6 Å². The van der Waals surface area contributed by atoms with Gasteiger partial charge in [0, 0.05) is 31.8 Å². The van der Waals surface area contributed by atoms with E-state index in [0.29, 0.717) is 29.4 Å². The number of piperidine rings is 1. The largest absolute Gasteiger partial charge is 0.496 e. The van der Waals surface area contributed by atoms with Crippen LogP contribution >= 0.6 is 11.6 Å². The third-order valence-electron chi connectivity index (χ3n) is 4.12. The number of nitrogens with one attached hydrogen (secondary N) is 1. The zero-order chi connectivity index (χ0) is 16.9. The highest BCUT2D eigenvalue weighted by Crippen LogP contribution is 2.26. The van der Waals surface area contributed by atoms with Crippen LogP contribution in [0.15, 0.2) is 18.2 Å². The van der Waals surface area contributed by atoms with E-state index in [4.69, 9.17) is 26.8 Å². The summed E-state index contributed by atoms with van der Waals surface area (Å²) in [5, 5.41) is 3.49. The molecule has 1 saturated heterocycles. The number of nitrogens with zero attached hydrogens (tertiary/aromatic N) is 1. The Morgan fingerprint density at radius 3 is 2.91 bits per heavy atom. The molecule has 2 rings (SSSR count). The van der Waals surface area contributed by atoms with Gasteiger partial charge in [0.25, 0.3) is 5.91 Å². The minimum Gasteiger partial charge on any atom is -0.496 e. The molecule has 0 bridgehead atoms. The standard InChI is InChI=1S/C16H24ClN3O3/c1-22-14-5-4-12(17)10-13(14)15(21)19-16(23-2)6-3-8-20(11-16)9-7-18/h4-5,10H,3,6-9,11,18H2,1-2H3,(H,19,21). The van der Waals surface area contributed by atoms with Gasteiger partial charge in [-0.2, -0.15) is 0 Å². The summed E-state index contributed by atoms with van der Waals surface area (Å²) >= 11 is 6.00. The molecule has 1 unspecified atom stereocenters. The lowest BCUT2D eigenvalue weighted by atomic mass is 10.00. The Balaban J connectivity index is 2.18. The molecule has 1 atom stereocenters. The van der Waals surface area contributed by atoms with Crippen LogP contribution in [-0.2, 0) is 4.74 Å². The molecule has 7 heteroatoms. The first-order chi connectivity index (χ1) is 11.0. The summed E-state index contributed by atoms with van der Waals surface area (Å²) in [5.74, 6) is 0.216. The first kappa shape index (κ1) is 18.0. The van der Waals surface area contributed by atoms with E-state index in [9.17, 15) is 4.79 Å². The van der Waals surface area contributed by atoms with Gasteiger partial charge in [0.2, 0.25) is 0 Å². The maximum absolute atomic E-state index is 12.7. The number of amides is 1. The normalized spacial score (nSPS) is 21.9. The van der Waals surface area contributed by atoms with Crippen molar-refractivity contribution in [3.8, 4) is 5.75 Å². The first-order valence-corrected chi connectivity index (χ1v) is 8.05. The topological polar surface area (TPSA) is 76.8 Å². The Morgan fingerprint density at radius 2 is 2.26 bits per heavy atom. The SMILES string of the molecule is COc1ccc(Cl)cc1C(=O)NC1(OC)CCCN(CCN)C1. The lowest BCUT2D eigenvalue weighted by Gasteiger charge is -2.42. The molecule has 1 aliphatic heterocycles. The Hall–Kier alpha value is -1.34. The van der Waals surface area contributed by atoms with Gasteiger partial charge in [-0.05, 0) is 37.6 Å². The highest BCUT2D eigenvalue weighted by Gasteiger charge is 2.37. The van der Waals surface area contributed by atoms with Crippen LogP contribution in [0, 0.1) is 0 Å². The van der Waals surface area contributed by atoms with Crippen molar-refractivity contribution in [1.29, 1.82) is 0 Å². The number of hydrogen-bond donors (Lipinski definition) is 2. The molecular formula is C16H24ClN3O3. The molecule has 0 aliphatic carbocycles. The van der Waals surface area contributed by atoms with E-state index < -0.39 is 5.72 Å². The van der Waals surface area contributed by atoms with Gasteiger partial charge in [-0.15, -0.1) is 0 Å². The van der Waals surface area contributed by atoms with Crippen LogP contribution in [0.3, 0.4) is 0 Å². The molecule has 1 fully saturated rings. The number of nitrogens with two attached hydrogens (primary N) is 1. The van der Waals surface area contributed by atoms with Crippen molar-refractivity contribution in [2.24, 2.45) is 5.73 Å². The molecule has 1 aromatic carbocycles. The fourth-order valence-electron chi connectivity index (χ4n) is 2.93. The fraction of sp³-hybridized carbons (Fsp3) is 0.562. The minimum absolute atomic E-state index is 0.263. The van der Waals surface area contributed by atoms with Crippen LogP contribution in [-0.4, -0.2) is 56.9 Å². The minimum atomic E-state index is -0.724. The Bertz CT molecular complexity index is 553. The number of hydrogen-bond acceptors (Lipinski definition) is 5. The average Bonchev–Trinajstić information content (AvgIpc) is 2.55. The van der Waals surface area contributed by atoms with Crippen molar-refractivity contribution in [1.82, 2.24) is 10.2 Å². The van der Waals surface area contributed by atoms with Gasteiger partial charge < -0.3 is 20.5 Å². The number of likely N-dealkylation sites (tertiary alicyclic amines) is 1. The van der Waals surface area contributed by atoms with Crippen LogP contribution in [0.4, 0.5) is 0 Å². The summed E-state index contributed by atoms with van der Waals surface area (Å²) in [6.07, 6.45) is 1.68. The van der Waals surface area contributed by atoms with Crippen molar-refractivity contribution in [3.05, 3.63) is 28.8 Å². The summed E-state index contributed by atoms with van der Waals surface area (Å²) in [6.45, 7) is 2.92. The number of carbonyl (C=O) groups excluding carboxylic acids is 1. The number of methoxy groups -OCH3 is 2. The van der Waals surface area contributed by atoms with Crippen LogP contribution in [0.2, 0.25) is 5.02 Å². The summed E-state index contributed by atoms with van der Waals surface area (Å²) < 4.78 is 10.9. The zero-order valence-electron chi connectivity index (χ0n) is 13.6. The van der Waals surface area contributed by atoms with Gasteiger partial charge in [0.1, 0.15) is 5.75 Å². The summed E-state index contributed by atoms with van der Waals surface area (Å²) in [6, 6.07) is 4.96. The molecule has 0 radical (unpaired) electrons. The Labute approximate surface area is 141 Å². The summed E-state index contributed by atoms with van der Waals surface area (Å²) in [5.41, 5.74) is 5.31. The van der Waals surface area contributed by atoms with Gasteiger partial charge in [0.15, 0.2) is 5.72 Å². The van der Waals surface area contributed by atoms with Crippen LogP contribution in [0.25, 0.3) is 0 Å². The molecule has 0 spiro atoms. The van der Waals surface area contributed by atoms with E-state index in [1.165, 1.54) is 7.11 Å². The fourth-order valence-corrected chi connectivity index (χ4v) is 3.10. The molecule has 1 heterocycles. The molecule has 128 valence electrons. The van der Waals surface area contributed by atoms with Crippen molar-refractivity contribution < 1.29 is 14.3 Å². The molecule has 0 aromatic heterocycles. The van der Waals surface area contributed by atoms with Gasteiger partial charge in [0.05, 0.1) is 12.7 Å². The van der Waals surface area contributed by atoms with E-state index in [-0.39, 0.29) is 5.91 Å². The third-order valence-corrected chi connectivity index (χ3v) is 4.35. The lowest BCUT2D eigenvalue weighted by Crippen LogP contribution is -2.60. The molecule has 1 aliphatic rings. The predicted octanol–water partition coefficient (Wildman–Crippen LogP) is 1.48. The second-order valence-corrected chi connectivity index (χ2v) is 6.10.